The number of benzene rings is 1. The van der Waals surface area contributed by atoms with E-state index in [0.717, 1.165) is 23.8 Å². The van der Waals surface area contributed by atoms with Gasteiger partial charge in [0.05, 0.1) is 11.4 Å². The molecular formula is C15H19N3. The summed E-state index contributed by atoms with van der Waals surface area (Å²) in [4.78, 5) is 2.47. The fraction of sp³-hybridized carbons (Fsp3) is 0.400. The molecule has 2 aromatic rings. The third-order valence-corrected chi connectivity index (χ3v) is 3.95. The number of para-hydroxylation sites is 1. The minimum atomic E-state index is 0.687. The highest BCUT2D eigenvalue weighted by molar-refractivity contribution is 5.30. The monoisotopic (exact) mass is 241 g/mol. The van der Waals surface area contributed by atoms with Gasteiger partial charge >= 0.3 is 0 Å². The standard InChI is InChI=1S/C15H19N3/c1-12-10-17(13(12)2)11-14-8-9-18(16-14)15-6-4-3-5-7-15/h3-9,12-13H,10-11H2,1-2H3. The number of nitrogens with zero attached hydrogens (tertiary/aromatic N) is 3. The van der Waals surface area contributed by atoms with Crippen molar-refractivity contribution in [2.45, 2.75) is 26.4 Å². The van der Waals surface area contributed by atoms with Crippen LogP contribution >= 0.6 is 0 Å². The normalized spacial score (nSPS) is 23.9. The number of hydrogen-bond acceptors (Lipinski definition) is 2. The Labute approximate surface area is 108 Å². The first-order chi connectivity index (χ1) is 8.74. The molecule has 3 rings (SSSR count). The van der Waals surface area contributed by atoms with Gasteiger partial charge in [-0.05, 0) is 31.0 Å². The number of likely N-dealkylation sites (tertiary alicyclic amines) is 1. The van der Waals surface area contributed by atoms with Gasteiger partial charge in [0.15, 0.2) is 0 Å². The Kier molecular flexibility index (Phi) is 2.92. The summed E-state index contributed by atoms with van der Waals surface area (Å²) in [5, 5.41) is 4.64. The van der Waals surface area contributed by atoms with Crippen LogP contribution in [-0.2, 0) is 6.54 Å². The average molecular weight is 241 g/mol. The first kappa shape index (κ1) is 11.5. The van der Waals surface area contributed by atoms with Crippen molar-refractivity contribution in [3.05, 3.63) is 48.3 Å². The SMILES string of the molecule is CC1CN(Cc2ccn(-c3ccccc3)n2)C1C. The average Bonchev–Trinajstić information content (AvgIpc) is 2.88. The summed E-state index contributed by atoms with van der Waals surface area (Å²) in [6, 6.07) is 13.0. The van der Waals surface area contributed by atoms with Gasteiger partial charge in [0.2, 0.25) is 0 Å². The molecule has 1 aromatic heterocycles. The van der Waals surface area contributed by atoms with Gasteiger partial charge in [-0.2, -0.15) is 5.10 Å². The van der Waals surface area contributed by atoms with Gasteiger partial charge in [0.1, 0.15) is 0 Å². The second kappa shape index (κ2) is 4.58. The predicted octanol–water partition coefficient (Wildman–Crippen LogP) is 2.71. The van der Waals surface area contributed by atoms with Crippen LogP contribution in [0.1, 0.15) is 19.5 Å². The molecule has 0 bridgehead atoms. The van der Waals surface area contributed by atoms with Crippen molar-refractivity contribution in [3.8, 4) is 5.69 Å². The summed E-state index contributed by atoms with van der Waals surface area (Å²) in [6.45, 7) is 6.76. The van der Waals surface area contributed by atoms with E-state index in [0.29, 0.717) is 6.04 Å². The van der Waals surface area contributed by atoms with E-state index in [4.69, 9.17) is 0 Å². The number of hydrogen-bond donors (Lipinski definition) is 0. The van der Waals surface area contributed by atoms with Crippen molar-refractivity contribution in [1.82, 2.24) is 14.7 Å². The van der Waals surface area contributed by atoms with Crippen molar-refractivity contribution in [2.75, 3.05) is 6.54 Å². The minimum absolute atomic E-state index is 0.687. The molecule has 2 unspecified atom stereocenters. The molecule has 0 N–H and O–H groups in total. The molecule has 1 fully saturated rings. The summed E-state index contributed by atoms with van der Waals surface area (Å²) >= 11 is 0. The predicted molar refractivity (Wildman–Crippen MR) is 72.6 cm³/mol. The molecule has 1 aliphatic heterocycles. The van der Waals surface area contributed by atoms with Gasteiger partial charge in [-0.15, -0.1) is 0 Å². The van der Waals surface area contributed by atoms with Gasteiger partial charge in [-0.1, -0.05) is 25.1 Å². The van der Waals surface area contributed by atoms with Crippen LogP contribution in [0.3, 0.4) is 0 Å². The smallest absolute Gasteiger partial charge is 0.0769 e. The third kappa shape index (κ3) is 2.06. The molecule has 94 valence electrons. The van der Waals surface area contributed by atoms with E-state index in [-0.39, 0.29) is 0 Å². The van der Waals surface area contributed by atoms with Crippen LogP contribution in [0.15, 0.2) is 42.6 Å². The molecule has 0 radical (unpaired) electrons. The molecule has 1 saturated heterocycles. The first-order valence-electron chi connectivity index (χ1n) is 6.58. The summed E-state index contributed by atoms with van der Waals surface area (Å²) in [7, 11) is 0. The second-order valence-corrected chi connectivity index (χ2v) is 5.23. The Bertz CT molecular complexity index is 518. The van der Waals surface area contributed by atoms with Crippen LogP contribution in [0.2, 0.25) is 0 Å². The van der Waals surface area contributed by atoms with Gasteiger partial charge < -0.3 is 0 Å². The van der Waals surface area contributed by atoms with Gasteiger partial charge in [0, 0.05) is 25.3 Å². The highest BCUT2D eigenvalue weighted by atomic mass is 15.3. The minimum Gasteiger partial charge on any atom is -0.294 e. The lowest BCUT2D eigenvalue weighted by atomic mass is 9.92. The van der Waals surface area contributed by atoms with Crippen LogP contribution in [-0.4, -0.2) is 27.3 Å². The molecule has 2 atom stereocenters. The lowest BCUT2D eigenvalue weighted by molar-refractivity contribution is 0.0294. The van der Waals surface area contributed by atoms with E-state index < -0.39 is 0 Å². The molecule has 0 amide bonds. The molecule has 0 spiro atoms. The molecule has 0 saturated carbocycles. The lowest BCUT2D eigenvalue weighted by Gasteiger charge is -2.44. The molecule has 0 aliphatic carbocycles. The zero-order chi connectivity index (χ0) is 12.5. The molecule has 1 aromatic carbocycles. The van der Waals surface area contributed by atoms with Gasteiger partial charge in [-0.25, -0.2) is 4.68 Å². The highest BCUT2D eigenvalue weighted by Gasteiger charge is 2.31. The van der Waals surface area contributed by atoms with Crippen LogP contribution < -0.4 is 0 Å². The molecule has 3 heteroatoms. The molecular weight excluding hydrogens is 222 g/mol. The Morgan fingerprint density at radius 2 is 1.94 bits per heavy atom. The van der Waals surface area contributed by atoms with Crippen LogP contribution in [0.25, 0.3) is 5.69 Å². The van der Waals surface area contributed by atoms with Gasteiger partial charge in [-0.3, -0.25) is 4.90 Å². The topological polar surface area (TPSA) is 21.1 Å². The van der Waals surface area contributed by atoms with Gasteiger partial charge in [0.25, 0.3) is 0 Å². The lowest BCUT2D eigenvalue weighted by Crippen LogP contribution is -2.52. The summed E-state index contributed by atoms with van der Waals surface area (Å²) in [6.07, 6.45) is 2.04. The van der Waals surface area contributed by atoms with Crippen LogP contribution in [0.4, 0.5) is 0 Å². The Hall–Kier alpha value is -1.61. The van der Waals surface area contributed by atoms with E-state index in [1.165, 1.54) is 6.54 Å². The summed E-state index contributed by atoms with van der Waals surface area (Å²) in [5.74, 6) is 0.821. The summed E-state index contributed by atoms with van der Waals surface area (Å²) in [5.41, 5.74) is 2.27. The van der Waals surface area contributed by atoms with E-state index >= 15 is 0 Å². The van der Waals surface area contributed by atoms with Crippen LogP contribution in [0, 0.1) is 5.92 Å². The molecule has 3 nitrogen and oxygen atoms in total. The number of aromatic nitrogens is 2. The van der Waals surface area contributed by atoms with E-state index in [1.54, 1.807) is 0 Å². The third-order valence-electron chi connectivity index (χ3n) is 3.95. The van der Waals surface area contributed by atoms with E-state index in [1.807, 2.05) is 29.1 Å². The zero-order valence-corrected chi connectivity index (χ0v) is 11.0. The molecule has 2 heterocycles. The second-order valence-electron chi connectivity index (χ2n) is 5.23. The van der Waals surface area contributed by atoms with Crippen molar-refractivity contribution in [3.63, 3.8) is 0 Å². The Morgan fingerprint density at radius 1 is 1.17 bits per heavy atom. The fourth-order valence-corrected chi connectivity index (χ4v) is 2.50. The quantitative estimate of drug-likeness (QED) is 0.824. The zero-order valence-electron chi connectivity index (χ0n) is 11.0. The Morgan fingerprint density at radius 3 is 2.61 bits per heavy atom. The van der Waals surface area contributed by atoms with Crippen molar-refractivity contribution in [2.24, 2.45) is 5.92 Å². The maximum Gasteiger partial charge on any atom is 0.0769 e. The number of rotatable bonds is 3. The van der Waals surface area contributed by atoms with Crippen molar-refractivity contribution < 1.29 is 0 Å². The van der Waals surface area contributed by atoms with Crippen molar-refractivity contribution >= 4 is 0 Å². The highest BCUT2D eigenvalue weighted by Crippen LogP contribution is 2.25. The molecule has 1 aliphatic rings. The Balaban J connectivity index is 1.71. The first-order valence-corrected chi connectivity index (χ1v) is 6.58. The van der Waals surface area contributed by atoms with Crippen LogP contribution in [0.5, 0.6) is 0 Å². The summed E-state index contributed by atoms with van der Waals surface area (Å²) < 4.78 is 1.95. The molecule has 18 heavy (non-hydrogen) atoms. The fourth-order valence-electron chi connectivity index (χ4n) is 2.50. The maximum atomic E-state index is 4.64. The largest absolute Gasteiger partial charge is 0.294 e. The van der Waals surface area contributed by atoms with E-state index in [2.05, 4.69) is 42.0 Å². The van der Waals surface area contributed by atoms with E-state index in [9.17, 15) is 0 Å². The maximum absolute atomic E-state index is 4.64. The van der Waals surface area contributed by atoms with Crippen molar-refractivity contribution in [1.29, 1.82) is 0 Å².